The van der Waals surface area contributed by atoms with E-state index in [0.717, 1.165) is 25.7 Å². The van der Waals surface area contributed by atoms with Crippen molar-refractivity contribution in [2.45, 2.75) is 134 Å². The number of Topliss-reactive ketones (excluding diaryl/α,β-unsaturated/α-hetero) is 1. The van der Waals surface area contributed by atoms with Crippen LogP contribution in [0.1, 0.15) is 134 Å². The second kappa shape index (κ2) is 38.3. The molecule has 2 unspecified atom stereocenters. The van der Waals surface area contributed by atoms with E-state index in [1.807, 2.05) is 55.4 Å². The van der Waals surface area contributed by atoms with Gasteiger partial charge in [0.1, 0.15) is 5.78 Å². The summed E-state index contributed by atoms with van der Waals surface area (Å²) in [7, 11) is 0. The predicted molar refractivity (Wildman–Crippen MR) is 117 cm³/mol. The number of ketones is 1. The molecular formula is C23H54O. The molecule has 0 aliphatic rings. The minimum atomic E-state index is 0.335. The summed E-state index contributed by atoms with van der Waals surface area (Å²) in [5, 5.41) is 0. The molecule has 0 aromatic carbocycles. The first-order valence-corrected chi connectivity index (χ1v) is 11.2. The minimum Gasteiger partial charge on any atom is -0.299 e. The average molecular weight is 347 g/mol. The van der Waals surface area contributed by atoms with Crippen molar-refractivity contribution in [2.75, 3.05) is 0 Å². The molecule has 0 aromatic rings. The molecule has 1 heteroatoms. The number of carbonyl (C=O) groups excluding carboxylic acids is 1. The second-order valence-electron chi connectivity index (χ2n) is 4.90. The zero-order valence-electron chi connectivity index (χ0n) is 19.7. The van der Waals surface area contributed by atoms with Crippen molar-refractivity contribution in [3.05, 3.63) is 0 Å². The Kier molecular flexibility index (Phi) is 55.7. The van der Waals surface area contributed by atoms with Crippen molar-refractivity contribution in [3.8, 4) is 0 Å². The summed E-state index contributed by atoms with van der Waals surface area (Å²) >= 11 is 0. The predicted octanol–water partition coefficient (Wildman–Crippen LogP) is 9.09. The first-order chi connectivity index (χ1) is 11.7. The normalized spacial score (nSPS) is 10.8. The van der Waals surface area contributed by atoms with Crippen LogP contribution in [-0.2, 0) is 4.79 Å². The van der Waals surface area contributed by atoms with E-state index in [2.05, 4.69) is 27.7 Å². The topological polar surface area (TPSA) is 17.1 Å². The molecule has 0 saturated heterocycles. The highest BCUT2D eigenvalue weighted by Gasteiger charge is 2.23. The monoisotopic (exact) mass is 346 g/mol. The van der Waals surface area contributed by atoms with Gasteiger partial charge in [0.25, 0.3) is 0 Å². The van der Waals surface area contributed by atoms with E-state index in [1.165, 1.54) is 25.7 Å². The van der Waals surface area contributed by atoms with Crippen molar-refractivity contribution in [1.29, 1.82) is 0 Å². The van der Waals surface area contributed by atoms with E-state index in [4.69, 9.17) is 0 Å². The fraction of sp³-hybridized carbons (Fsp3) is 0.957. The van der Waals surface area contributed by atoms with Gasteiger partial charge in [-0.25, -0.2) is 0 Å². The van der Waals surface area contributed by atoms with Crippen molar-refractivity contribution < 1.29 is 4.79 Å². The fourth-order valence-corrected chi connectivity index (χ4v) is 2.33. The van der Waals surface area contributed by atoms with Crippen LogP contribution in [0, 0.1) is 11.8 Å². The zero-order chi connectivity index (χ0) is 20.4. The Bertz CT molecular complexity index is 157. The van der Waals surface area contributed by atoms with Crippen molar-refractivity contribution in [3.63, 3.8) is 0 Å². The molecule has 0 aromatic heterocycles. The number of rotatable bonds is 10. The van der Waals surface area contributed by atoms with Crippen LogP contribution in [0.2, 0.25) is 0 Å². The molecule has 0 fully saturated rings. The average Bonchev–Trinajstić information content (AvgIpc) is 2.69. The number of hydrogen-bond acceptors (Lipinski definition) is 1. The van der Waals surface area contributed by atoms with Crippen molar-refractivity contribution in [2.24, 2.45) is 11.8 Å². The van der Waals surface area contributed by atoms with Gasteiger partial charge in [-0.1, -0.05) is 109 Å². The largest absolute Gasteiger partial charge is 0.299 e. The number of carbonyl (C=O) groups is 1. The summed E-state index contributed by atoms with van der Waals surface area (Å²) in [6.45, 7) is 24.7. The van der Waals surface area contributed by atoms with Crippen LogP contribution in [-0.4, -0.2) is 5.78 Å². The molecule has 0 saturated carbocycles. The summed E-state index contributed by atoms with van der Waals surface area (Å²) in [6, 6.07) is 0. The highest BCUT2D eigenvalue weighted by atomic mass is 16.1. The van der Waals surface area contributed by atoms with Gasteiger partial charge in [0.05, 0.1) is 0 Å². The Hall–Kier alpha value is -0.330. The summed E-state index contributed by atoms with van der Waals surface area (Å²) in [5.74, 6) is 1.22. The SMILES string of the molecule is CC.CC.CC.CC.CCCCC(CC)C(=O)C(CC)CCCC. The van der Waals surface area contributed by atoms with E-state index in [9.17, 15) is 4.79 Å². The molecule has 2 atom stereocenters. The third-order valence-corrected chi connectivity index (χ3v) is 3.60. The molecule has 0 radical (unpaired) electrons. The quantitative estimate of drug-likeness (QED) is 0.385. The molecule has 0 amide bonds. The van der Waals surface area contributed by atoms with Crippen LogP contribution >= 0.6 is 0 Å². The Labute approximate surface area is 157 Å². The molecule has 152 valence electrons. The first kappa shape index (κ1) is 34.9. The van der Waals surface area contributed by atoms with E-state index >= 15 is 0 Å². The second-order valence-corrected chi connectivity index (χ2v) is 4.90. The third-order valence-electron chi connectivity index (χ3n) is 3.60. The fourth-order valence-electron chi connectivity index (χ4n) is 2.33. The molecule has 1 nitrogen and oxygen atoms in total. The van der Waals surface area contributed by atoms with Crippen LogP contribution in [0.25, 0.3) is 0 Å². The van der Waals surface area contributed by atoms with Gasteiger partial charge in [0.2, 0.25) is 0 Å². The zero-order valence-corrected chi connectivity index (χ0v) is 19.7. The minimum absolute atomic E-state index is 0.335. The van der Waals surface area contributed by atoms with Crippen LogP contribution in [0.4, 0.5) is 0 Å². The van der Waals surface area contributed by atoms with Gasteiger partial charge in [-0.2, -0.15) is 0 Å². The molecule has 0 aliphatic heterocycles. The number of unbranched alkanes of at least 4 members (excludes halogenated alkanes) is 2. The molecule has 24 heavy (non-hydrogen) atoms. The van der Waals surface area contributed by atoms with Gasteiger partial charge in [0, 0.05) is 11.8 Å². The van der Waals surface area contributed by atoms with Gasteiger partial charge in [-0.05, 0) is 25.7 Å². The summed E-state index contributed by atoms with van der Waals surface area (Å²) < 4.78 is 0. The Morgan fingerprint density at radius 3 is 1.00 bits per heavy atom. The summed E-state index contributed by atoms with van der Waals surface area (Å²) in [6.07, 6.45) is 9.08. The molecule has 0 N–H and O–H groups in total. The van der Waals surface area contributed by atoms with Gasteiger partial charge >= 0.3 is 0 Å². The third kappa shape index (κ3) is 23.9. The van der Waals surface area contributed by atoms with E-state index in [1.54, 1.807) is 0 Å². The summed E-state index contributed by atoms with van der Waals surface area (Å²) in [4.78, 5) is 12.3. The van der Waals surface area contributed by atoms with E-state index in [-0.39, 0.29) is 0 Å². The Morgan fingerprint density at radius 2 is 0.833 bits per heavy atom. The standard InChI is InChI=1S/C15H30O.4C2H6/c1-5-9-11-13(7-3)15(16)14(8-4)12-10-6-2;4*1-2/h13-14H,5-12H2,1-4H3;4*1-2H3. The molecule has 0 bridgehead atoms. The molecule has 0 spiro atoms. The maximum Gasteiger partial charge on any atom is 0.139 e. The van der Waals surface area contributed by atoms with E-state index in [0.29, 0.717) is 17.6 Å². The van der Waals surface area contributed by atoms with Crippen LogP contribution in [0.15, 0.2) is 0 Å². The molecule has 0 aliphatic carbocycles. The lowest BCUT2D eigenvalue weighted by molar-refractivity contribution is -0.127. The highest BCUT2D eigenvalue weighted by molar-refractivity contribution is 5.83. The number of hydrogen-bond donors (Lipinski definition) is 0. The lowest BCUT2D eigenvalue weighted by Gasteiger charge is -2.20. The Balaban J connectivity index is -0.000000130. The molecule has 0 heterocycles. The van der Waals surface area contributed by atoms with Gasteiger partial charge in [-0.3, -0.25) is 4.79 Å². The van der Waals surface area contributed by atoms with Gasteiger partial charge < -0.3 is 0 Å². The van der Waals surface area contributed by atoms with Crippen molar-refractivity contribution >= 4 is 5.78 Å². The lowest BCUT2D eigenvalue weighted by atomic mass is 9.83. The highest BCUT2D eigenvalue weighted by Crippen LogP contribution is 2.23. The van der Waals surface area contributed by atoms with Crippen LogP contribution < -0.4 is 0 Å². The maximum absolute atomic E-state index is 12.3. The maximum atomic E-state index is 12.3. The van der Waals surface area contributed by atoms with Gasteiger partial charge in [0.15, 0.2) is 0 Å². The Morgan fingerprint density at radius 1 is 0.583 bits per heavy atom. The van der Waals surface area contributed by atoms with E-state index < -0.39 is 0 Å². The van der Waals surface area contributed by atoms with Crippen LogP contribution in [0.5, 0.6) is 0 Å². The van der Waals surface area contributed by atoms with Gasteiger partial charge in [-0.15, -0.1) is 0 Å². The van der Waals surface area contributed by atoms with Crippen molar-refractivity contribution in [1.82, 2.24) is 0 Å². The smallest absolute Gasteiger partial charge is 0.139 e. The lowest BCUT2D eigenvalue weighted by Crippen LogP contribution is -2.23. The van der Waals surface area contributed by atoms with Crippen LogP contribution in [0.3, 0.4) is 0 Å². The molecular weight excluding hydrogens is 292 g/mol. The first-order valence-electron chi connectivity index (χ1n) is 11.2. The molecule has 0 rings (SSSR count). The summed E-state index contributed by atoms with van der Waals surface area (Å²) in [5.41, 5.74) is 0.